The van der Waals surface area contributed by atoms with E-state index in [9.17, 15) is 0 Å². The summed E-state index contributed by atoms with van der Waals surface area (Å²) in [5, 5.41) is 0. The summed E-state index contributed by atoms with van der Waals surface area (Å²) in [5.41, 5.74) is 0. The van der Waals surface area contributed by atoms with E-state index in [4.69, 9.17) is 4.74 Å². The Balaban J connectivity index is 2.57. The van der Waals surface area contributed by atoms with Crippen molar-refractivity contribution >= 4 is 15.9 Å². The van der Waals surface area contributed by atoms with Crippen LogP contribution in [-0.2, 0) is 0 Å². The van der Waals surface area contributed by atoms with Gasteiger partial charge in [-0.15, -0.1) is 0 Å². The summed E-state index contributed by atoms with van der Waals surface area (Å²) in [6.07, 6.45) is 0. The van der Waals surface area contributed by atoms with E-state index >= 15 is 0 Å². The topological polar surface area (TPSA) is 9.23 Å². The van der Waals surface area contributed by atoms with Crippen molar-refractivity contribution < 1.29 is 4.74 Å². The highest BCUT2D eigenvalue weighted by atomic mass is 79.9. The van der Waals surface area contributed by atoms with Gasteiger partial charge in [0.25, 0.3) is 0 Å². The van der Waals surface area contributed by atoms with E-state index < -0.39 is 0 Å². The van der Waals surface area contributed by atoms with Crippen molar-refractivity contribution in [3.8, 4) is 5.75 Å². The predicted octanol–water partition coefficient (Wildman–Crippen LogP) is 3.48. The number of rotatable bonds is 3. The van der Waals surface area contributed by atoms with Gasteiger partial charge in [0.15, 0.2) is 0 Å². The van der Waals surface area contributed by atoms with E-state index in [1.807, 2.05) is 24.3 Å². The average Bonchev–Trinajstić information content (AvgIpc) is 2.03. The molecule has 1 aromatic rings. The number of hydrogen-bond acceptors (Lipinski definition) is 1. The molecule has 66 valence electrons. The van der Waals surface area contributed by atoms with Crippen molar-refractivity contribution in [2.75, 3.05) is 6.61 Å². The molecular weight excluding hydrogens is 216 g/mol. The Morgan fingerprint density at radius 2 is 2.00 bits per heavy atom. The van der Waals surface area contributed by atoms with Crippen LogP contribution in [0.3, 0.4) is 0 Å². The standard InChI is InChI=1S/C10H13BrO/c1-8(2)7-12-10-6-4-3-5-9(10)11/h3-6,8H,7H2,1-2H3. The lowest BCUT2D eigenvalue weighted by Crippen LogP contribution is -2.04. The third-order valence-corrected chi connectivity index (χ3v) is 2.06. The van der Waals surface area contributed by atoms with Gasteiger partial charge in [0, 0.05) is 0 Å². The van der Waals surface area contributed by atoms with Crippen molar-refractivity contribution in [2.45, 2.75) is 13.8 Å². The van der Waals surface area contributed by atoms with Crippen LogP contribution in [0.5, 0.6) is 5.75 Å². The average molecular weight is 229 g/mol. The number of halogens is 1. The number of hydrogen-bond donors (Lipinski definition) is 0. The Labute approximate surface area is 81.9 Å². The Morgan fingerprint density at radius 1 is 1.33 bits per heavy atom. The summed E-state index contributed by atoms with van der Waals surface area (Å²) in [4.78, 5) is 0. The first-order chi connectivity index (χ1) is 5.70. The molecule has 2 heteroatoms. The maximum Gasteiger partial charge on any atom is 0.133 e. The van der Waals surface area contributed by atoms with Crippen LogP contribution in [0.15, 0.2) is 28.7 Å². The van der Waals surface area contributed by atoms with Gasteiger partial charge in [-0.2, -0.15) is 0 Å². The van der Waals surface area contributed by atoms with E-state index in [-0.39, 0.29) is 0 Å². The van der Waals surface area contributed by atoms with E-state index in [0.29, 0.717) is 5.92 Å². The molecule has 0 fully saturated rings. The van der Waals surface area contributed by atoms with Crippen LogP contribution in [0.1, 0.15) is 13.8 Å². The van der Waals surface area contributed by atoms with Crippen LogP contribution in [0, 0.1) is 5.92 Å². The second-order valence-electron chi connectivity index (χ2n) is 3.14. The van der Waals surface area contributed by atoms with Gasteiger partial charge in [-0.05, 0) is 34.0 Å². The van der Waals surface area contributed by atoms with Crippen molar-refractivity contribution in [2.24, 2.45) is 5.92 Å². The molecule has 12 heavy (non-hydrogen) atoms. The molecule has 0 radical (unpaired) electrons. The molecule has 1 rings (SSSR count). The number of para-hydroxylation sites is 1. The molecule has 0 spiro atoms. The summed E-state index contributed by atoms with van der Waals surface area (Å²) in [6.45, 7) is 5.04. The molecule has 0 aliphatic carbocycles. The van der Waals surface area contributed by atoms with Crippen molar-refractivity contribution in [3.05, 3.63) is 28.7 Å². The lowest BCUT2D eigenvalue weighted by Gasteiger charge is -2.09. The summed E-state index contributed by atoms with van der Waals surface area (Å²) in [7, 11) is 0. The first-order valence-electron chi connectivity index (χ1n) is 4.07. The van der Waals surface area contributed by atoms with Crippen molar-refractivity contribution in [1.82, 2.24) is 0 Å². The van der Waals surface area contributed by atoms with Gasteiger partial charge < -0.3 is 4.74 Å². The van der Waals surface area contributed by atoms with Crippen molar-refractivity contribution in [3.63, 3.8) is 0 Å². The largest absolute Gasteiger partial charge is 0.492 e. The molecule has 0 aliphatic rings. The van der Waals surface area contributed by atoms with Crippen LogP contribution in [-0.4, -0.2) is 6.61 Å². The Kier molecular flexibility index (Phi) is 3.60. The highest BCUT2D eigenvalue weighted by Crippen LogP contribution is 2.23. The van der Waals surface area contributed by atoms with Gasteiger partial charge >= 0.3 is 0 Å². The van der Waals surface area contributed by atoms with E-state index in [1.165, 1.54) is 0 Å². The van der Waals surface area contributed by atoms with Crippen LogP contribution in [0.2, 0.25) is 0 Å². The fraction of sp³-hybridized carbons (Fsp3) is 0.400. The molecular formula is C10H13BrO. The number of ether oxygens (including phenoxy) is 1. The number of benzene rings is 1. The predicted molar refractivity (Wildman–Crippen MR) is 54.5 cm³/mol. The third-order valence-electron chi connectivity index (χ3n) is 1.41. The second kappa shape index (κ2) is 4.51. The molecule has 0 heterocycles. The molecule has 1 nitrogen and oxygen atoms in total. The lowest BCUT2D eigenvalue weighted by atomic mass is 10.2. The fourth-order valence-corrected chi connectivity index (χ4v) is 1.22. The summed E-state index contributed by atoms with van der Waals surface area (Å²) < 4.78 is 6.57. The molecule has 0 aliphatic heterocycles. The lowest BCUT2D eigenvalue weighted by molar-refractivity contribution is 0.269. The molecule has 0 unspecified atom stereocenters. The van der Waals surface area contributed by atoms with Crippen LogP contribution in [0.4, 0.5) is 0 Å². The molecule has 1 aromatic carbocycles. The first-order valence-corrected chi connectivity index (χ1v) is 4.87. The third kappa shape index (κ3) is 2.86. The van der Waals surface area contributed by atoms with E-state index in [1.54, 1.807) is 0 Å². The SMILES string of the molecule is CC(C)COc1ccccc1Br. The zero-order valence-electron chi connectivity index (χ0n) is 7.38. The Hall–Kier alpha value is -0.500. The molecule has 0 saturated carbocycles. The summed E-state index contributed by atoms with van der Waals surface area (Å²) in [6, 6.07) is 7.90. The fourth-order valence-electron chi connectivity index (χ4n) is 0.818. The normalized spacial score (nSPS) is 10.3. The molecule has 0 aromatic heterocycles. The van der Waals surface area contributed by atoms with E-state index in [0.717, 1.165) is 16.8 Å². The smallest absolute Gasteiger partial charge is 0.133 e. The maximum atomic E-state index is 5.55. The molecule has 0 N–H and O–H groups in total. The van der Waals surface area contributed by atoms with Gasteiger partial charge in [-0.3, -0.25) is 0 Å². The van der Waals surface area contributed by atoms with Gasteiger partial charge in [0.1, 0.15) is 5.75 Å². The molecule has 0 atom stereocenters. The second-order valence-corrected chi connectivity index (χ2v) is 3.99. The Bertz CT molecular complexity index is 245. The summed E-state index contributed by atoms with van der Waals surface area (Å²) in [5.74, 6) is 1.49. The minimum atomic E-state index is 0.567. The molecule has 0 amide bonds. The minimum Gasteiger partial charge on any atom is -0.492 e. The molecule has 0 bridgehead atoms. The zero-order chi connectivity index (χ0) is 8.97. The minimum absolute atomic E-state index is 0.567. The quantitative estimate of drug-likeness (QED) is 0.770. The first kappa shape index (κ1) is 9.59. The monoisotopic (exact) mass is 228 g/mol. The highest BCUT2D eigenvalue weighted by molar-refractivity contribution is 9.10. The molecule has 0 saturated heterocycles. The van der Waals surface area contributed by atoms with Gasteiger partial charge in [-0.25, -0.2) is 0 Å². The Morgan fingerprint density at radius 3 is 2.58 bits per heavy atom. The summed E-state index contributed by atoms with van der Waals surface area (Å²) >= 11 is 3.42. The van der Waals surface area contributed by atoms with Crippen LogP contribution < -0.4 is 4.74 Å². The maximum absolute atomic E-state index is 5.55. The van der Waals surface area contributed by atoms with Gasteiger partial charge in [0.2, 0.25) is 0 Å². The zero-order valence-corrected chi connectivity index (χ0v) is 8.97. The van der Waals surface area contributed by atoms with Crippen LogP contribution in [0.25, 0.3) is 0 Å². The van der Waals surface area contributed by atoms with E-state index in [2.05, 4.69) is 29.8 Å². The van der Waals surface area contributed by atoms with Gasteiger partial charge in [0.05, 0.1) is 11.1 Å². The van der Waals surface area contributed by atoms with Crippen molar-refractivity contribution in [1.29, 1.82) is 0 Å². The van der Waals surface area contributed by atoms with Gasteiger partial charge in [-0.1, -0.05) is 26.0 Å². The highest BCUT2D eigenvalue weighted by Gasteiger charge is 1.99. The van der Waals surface area contributed by atoms with Crippen LogP contribution >= 0.6 is 15.9 Å².